The maximum atomic E-state index is 12.8. The quantitative estimate of drug-likeness (QED) is 0.436. The number of allylic oxidation sites excluding steroid dienone is 2. The third kappa shape index (κ3) is 3.47. The highest BCUT2D eigenvalue weighted by atomic mass is 32.2. The molecule has 0 aromatic carbocycles. The van der Waals surface area contributed by atoms with Crippen molar-refractivity contribution in [2.75, 3.05) is 12.4 Å². The summed E-state index contributed by atoms with van der Waals surface area (Å²) < 4.78 is 0. The van der Waals surface area contributed by atoms with E-state index >= 15 is 0 Å². The van der Waals surface area contributed by atoms with Gasteiger partial charge in [0.15, 0.2) is 5.78 Å². The van der Waals surface area contributed by atoms with Gasteiger partial charge in [-0.25, -0.2) is 5.48 Å². The van der Waals surface area contributed by atoms with Crippen molar-refractivity contribution in [1.82, 2.24) is 10.4 Å². The van der Waals surface area contributed by atoms with Crippen molar-refractivity contribution in [1.29, 1.82) is 0 Å². The van der Waals surface area contributed by atoms with Crippen LogP contribution in [0.2, 0.25) is 0 Å². The number of fused-ring (bicyclic) bond motifs is 3. The predicted octanol–water partition coefficient (Wildman–Crippen LogP) is 2.03. The summed E-state index contributed by atoms with van der Waals surface area (Å²) in [5, 5.41) is 10.4. The van der Waals surface area contributed by atoms with Crippen molar-refractivity contribution in [2.24, 2.45) is 10.9 Å². The van der Waals surface area contributed by atoms with E-state index in [0.29, 0.717) is 12.3 Å². The van der Waals surface area contributed by atoms with Gasteiger partial charge in [0.1, 0.15) is 6.04 Å². The van der Waals surface area contributed by atoms with E-state index in [2.05, 4.69) is 16.0 Å². The normalized spacial score (nSPS) is 24.9. The first kappa shape index (κ1) is 17.0. The van der Waals surface area contributed by atoms with Crippen LogP contribution >= 0.6 is 11.8 Å². The molecule has 1 aliphatic carbocycles. The minimum absolute atomic E-state index is 0.0276. The second-order valence-corrected chi connectivity index (χ2v) is 6.84. The van der Waals surface area contributed by atoms with E-state index < -0.39 is 0 Å². The minimum atomic E-state index is -0.355. The number of hydrogen-bond acceptors (Lipinski definition) is 6. The topological polar surface area (TPSA) is 82.0 Å². The van der Waals surface area contributed by atoms with Crippen LogP contribution < -0.4 is 5.48 Å². The Bertz CT molecular complexity index is 639. The van der Waals surface area contributed by atoms with Crippen molar-refractivity contribution < 1.29 is 14.8 Å². The molecule has 2 aliphatic heterocycles. The summed E-state index contributed by atoms with van der Waals surface area (Å²) in [5.41, 5.74) is 3.34. The molecular formula is C17H21N3O3S. The molecule has 0 spiro atoms. The number of ketones is 1. The molecule has 7 heteroatoms. The van der Waals surface area contributed by atoms with Crippen LogP contribution in [0.25, 0.3) is 0 Å². The Labute approximate surface area is 145 Å². The number of thioether (sulfide) groups is 1. The maximum Gasteiger partial charge on any atom is 0.243 e. The SMILES string of the molecule is O=C(CCCCCN1C=CC=CC2C3=NCSC=C3C(=O)C21)NO. The third-order valence-corrected chi connectivity index (χ3v) is 5.17. The number of nitrogens with one attached hydrogen (secondary N) is 1. The highest BCUT2D eigenvalue weighted by Gasteiger charge is 2.45. The fourth-order valence-electron chi connectivity index (χ4n) is 3.33. The molecule has 0 aromatic rings. The second-order valence-electron chi connectivity index (χ2n) is 6.02. The Morgan fingerprint density at radius 1 is 1.38 bits per heavy atom. The Kier molecular flexibility index (Phi) is 5.52. The number of unbranched alkanes of at least 4 members (excludes halogenated alkanes) is 2. The molecule has 1 saturated carbocycles. The molecule has 2 heterocycles. The second kappa shape index (κ2) is 7.81. The van der Waals surface area contributed by atoms with Gasteiger partial charge in [0.05, 0.1) is 11.6 Å². The lowest BCUT2D eigenvalue weighted by molar-refractivity contribution is -0.129. The number of aliphatic imine (C=N–C) groups is 1. The average molecular weight is 347 g/mol. The van der Waals surface area contributed by atoms with Crippen molar-refractivity contribution >= 4 is 29.2 Å². The Morgan fingerprint density at radius 3 is 3.08 bits per heavy atom. The smallest absolute Gasteiger partial charge is 0.243 e. The van der Waals surface area contributed by atoms with Gasteiger partial charge in [-0.15, -0.1) is 11.8 Å². The van der Waals surface area contributed by atoms with Gasteiger partial charge in [-0.05, 0) is 30.5 Å². The standard InChI is InChI=1S/C17H21N3O3S/c21-14(19-23)7-2-1-4-8-20-9-5-3-6-12-15-13(10-24-11-18-15)17(22)16(12)20/h3,5-6,9-10,12,16,23H,1-2,4,7-8,11H2,(H,19,21). The van der Waals surface area contributed by atoms with Gasteiger partial charge in [-0.3, -0.25) is 19.8 Å². The maximum absolute atomic E-state index is 12.8. The average Bonchev–Trinajstić information content (AvgIpc) is 2.75. The molecule has 0 bridgehead atoms. The number of Topliss-reactive ketones (excluding diaryl/α,β-unsaturated/α-hetero) is 1. The van der Waals surface area contributed by atoms with Crippen LogP contribution in [0.3, 0.4) is 0 Å². The molecule has 0 radical (unpaired) electrons. The Balaban J connectivity index is 1.62. The van der Waals surface area contributed by atoms with Crippen molar-refractivity contribution in [3.05, 3.63) is 35.4 Å². The van der Waals surface area contributed by atoms with E-state index in [-0.39, 0.29) is 23.7 Å². The summed E-state index contributed by atoms with van der Waals surface area (Å²) in [4.78, 5) is 30.5. The lowest BCUT2D eigenvalue weighted by Gasteiger charge is -2.28. The predicted molar refractivity (Wildman–Crippen MR) is 93.6 cm³/mol. The first-order valence-corrected chi connectivity index (χ1v) is 9.21. The molecule has 2 N–H and O–H groups in total. The van der Waals surface area contributed by atoms with E-state index in [1.54, 1.807) is 17.2 Å². The van der Waals surface area contributed by atoms with Gasteiger partial charge in [0, 0.05) is 24.5 Å². The number of hydrogen-bond donors (Lipinski definition) is 2. The summed E-state index contributed by atoms with van der Waals surface area (Å²) in [6.07, 6.45) is 10.8. The molecule has 128 valence electrons. The monoisotopic (exact) mass is 347 g/mol. The summed E-state index contributed by atoms with van der Waals surface area (Å²) in [6.45, 7) is 0.763. The summed E-state index contributed by atoms with van der Waals surface area (Å²) in [5.74, 6) is 0.511. The number of amides is 1. The van der Waals surface area contributed by atoms with E-state index in [4.69, 9.17) is 5.21 Å². The highest BCUT2D eigenvalue weighted by molar-refractivity contribution is 8.02. The summed E-state index contributed by atoms with van der Waals surface area (Å²) in [6, 6.07) is -0.204. The number of hydroxylamine groups is 1. The molecule has 0 aromatic heterocycles. The zero-order valence-corrected chi connectivity index (χ0v) is 14.2. The molecule has 2 atom stereocenters. The van der Waals surface area contributed by atoms with Crippen LogP contribution in [0, 0.1) is 5.92 Å². The van der Waals surface area contributed by atoms with Crippen LogP contribution in [0.5, 0.6) is 0 Å². The highest BCUT2D eigenvalue weighted by Crippen LogP contribution is 2.35. The molecular weight excluding hydrogens is 326 g/mol. The number of nitrogens with zero attached hydrogens (tertiary/aromatic N) is 2. The van der Waals surface area contributed by atoms with Crippen molar-refractivity contribution in [3.8, 4) is 0 Å². The summed E-state index contributed by atoms with van der Waals surface area (Å²) in [7, 11) is 0. The van der Waals surface area contributed by atoms with E-state index in [9.17, 15) is 9.59 Å². The van der Waals surface area contributed by atoms with Gasteiger partial charge in [0.2, 0.25) is 5.91 Å². The van der Waals surface area contributed by atoms with Crippen LogP contribution in [0.1, 0.15) is 25.7 Å². The van der Waals surface area contributed by atoms with Gasteiger partial charge in [0.25, 0.3) is 0 Å². The zero-order valence-electron chi connectivity index (χ0n) is 13.4. The molecule has 6 nitrogen and oxygen atoms in total. The Hall–Kier alpha value is -1.86. The fourth-order valence-corrected chi connectivity index (χ4v) is 4.02. The van der Waals surface area contributed by atoms with Gasteiger partial charge >= 0.3 is 0 Å². The van der Waals surface area contributed by atoms with Gasteiger partial charge in [-0.1, -0.05) is 18.6 Å². The Morgan fingerprint density at radius 2 is 2.25 bits per heavy atom. The first-order valence-electron chi connectivity index (χ1n) is 8.16. The lowest BCUT2D eigenvalue weighted by Crippen LogP contribution is -2.39. The van der Waals surface area contributed by atoms with Crippen LogP contribution in [0.4, 0.5) is 0 Å². The third-order valence-electron chi connectivity index (χ3n) is 4.49. The number of carbonyl (C=O) groups excluding carboxylic acids is 2. The lowest BCUT2D eigenvalue weighted by atomic mass is 10.00. The molecule has 3 rings (SSSR count). The molecule has 0 saturated heterocycles. The van der Waals surface area contributed by atoms with E-state index in [0.717, 1.165) is 37.1 Å². The molecule has 1 amide bonds. The largest absolute Gasteiger partial charge is 0.366 e. The van der Waals surface area contributed by atoms with Crippen LogP contribution in [-0.2, 0) is 9.59 Å². The van der Waals surface area contributed by atoms with Crippen molar-refractivity contribution in [3.63, 3.8) is 0 Å². The van der Waals surface area contributed by atoms with Crippen molar-refractivity contribution in [2.45, 2.75) is 31.7 Å². The first-order chi connectivity index (χ1) is 11.7. The van der Waals surface area contributed by atoms with Gasteiger partial charge < -0.3 is 4.90 Å². The van der Waals surface area contributed by atoms with E-state index in [1.807, 2.05) is 23.8 Å². The number of carbonyl (C=O) groups is 2. The fraction of sp³-hybridized carbons (Fsp3) is 0.471. The van der Waals surface area contributed by atoms with Crippen LogP contribution in [0.15, 0.2) is 40.4 Å². The van der Waals surface area contributed by atoms with Gasteiger partial charge in [-0.2, -0.15) is 0 Å². The van der Waals surface area contributed by atoms with E-state index in [1.165, 1.54) is 0 Å². The molecule has 1 fully saturated rings. The minimum Gasteiger partial charge on any atom is -0.366 e. The number of rotatable bonds is 6. The molecule has 2 unspecified atom stereocenters. The van der Waals surface area contributed by atoms with Crippen LogP contribution in [-0.4, -0.2) is 46.0 Å². The molecule has 3 aliphatic rings. The zero-order chi connectivity index (χ0) is 16.9. The molecule has 24 heavy (non-hydrogen) atoms. The summed E-state index contributed by atoms with van der Waals surface area (Å²) >= 11 is 1.57.